The van der Waals surface area contributed by atoms with Gasteiger partial charge in [-0.2, -0.15) is 5.10 Å². The molecule has 1 heterocycles. The first kappa shape index (κ1) is 22.4. The van der Waals surface area contributed by atoms with Crippen LogP contribution in [0.5, 0.6) is 5.75 Å². The monoisotopic (exact) mass is 458 g/mol. The molecule has 0 unspecified atom stereocenters. The van der Waals surface area contributed by atoms with Gasteiger partial charge in [-0.25, -0.2) is 0 Å². The highest BCUT2D eigenvalue weighted by atomic mass is 16.5. The van der Waals surface area contributed by atoms with Crippen molar-refractivity contribution in [2.45, 2.75) is 12.5 Å². The zero-order chi connectivity index (χ0) is 24.0. The van der Waals surface area contributed by atoms with Crippen LogP contribution in [0.25, 0.3) is 6.08 Å². The van der Waals surface area contributed by atoms with Crippen LogP contribution in [-0.2, 0) is 0 Å². The smallest absolute Gasteiger partial charge is 0.185 e. The van der Waals surface area contributed by atoms with E-state index in [0.717, 1.165) is 34.7 Å². The molecule has 0 aromatic heterocycles. The van der Waals surface area contributed by atoms with E-state index in [9.17, 15) is 4.79 Å². The molecule has 0 spiro atoms. The van der Waals surface area contributed by atoms with Gasteiger partial charge in [0.1, 0.15) is 5.75 Å². The predicted octanol–water partition coefficient (Wildman–Crippen LogP) is 6.95. The molecule has 172 valence electrons. The molecule has 1 aliphatic heterocycles. The lowest BCUT2D eigenvalue weighted by atomic mass is 9.98. The Morgan fingerprint density at radius 2 is 1.51 bits per heavy atom. The van der Waals surface area contributed by atoms with E-state index in [4.69, 9.17) is 9.84 Å². The Labute approximate surface area is 205 Å². The van der Waals surface area contributed by atoms with E-state index in [0.29, 0.717) is 5.56 Å². The number of rotatable bonds is 7. The van der Waals surface area contributed by atoms with Crippen LogP contribution in [-0.4, -0.2) is 18.6 Å². The molecule has 1 aliphatic rings. The van der Waals surface area contributed by atoms with E-state index in [1.165, 1.54) is 5.56 Å². The van der Waals surface area contributed by atoms with Crippen molar-refractivity contribution >= 4 is 23.3 Å². The van der Waals surface area contributed by atoms with Gasteiger partial charge in [-0.05, 0) is 59.2 Å². The first-order valence-electron chi connectivity index (χ1n) is 11.6. The molecule has 35 heavy (non-hydrogen) atoms. The first-order chi connectivity index (χ1) is 17.2. The summed E-state index contributed by atoms with van der Waals surface area (Å²) in [6.45, 7) is 0. The maximum atomic E-state index is 12.5. The lowest BCUT2D eigenvalue weighted by molar-refractivity contribution is 0.104. The van der Waals surface area contributed by atoms with Crippen LogP contribution in [0.1, 0.15) is 39.5 Å². The van der Waals surface area contributed by atoms with E-state index in [-0.39, 0.29) is 11.8 Å². The zero-order valence-corrected chi connectivity index (χ0v) is 19.5. The normalized spacial score (nSPS) is 15.3. The molecule has 0 saturated carbocycles. The molecule has 4 aromatic carbocycles. The summed E-state index contributed by atoms with van der Waals surface area (Å²) in [5.74, 6) is 0.687. The second kappa shape index (κ2) is 10.2. The van der Waals surface area contributed by atoms with Gasteiger partial charge in [-0.1, -0.05) is 78.9 Å². The van der Waals surface area contributed by atoms with E-state index >= 15 is 0 Å². The summed E-state index contributed by atoms with van der Waals surface area (Å²) in [4.78, 5) is 12.5. The number of hydrogen-bond donors (Lipinski definition) is 0. The molecule has 0 N–H and O–H groups in total. The summed E-state index contributed by atoms with van der Waals surface area (Å²) in [6, 6.07) is 36.2. The Balaban J connectivity index is 1.37. The molecule has 0 fully saturated rings. The van der Waals surface area contributed by atoms with Gasteiger partial charge >= 0.3 is 0 Å². The summed E-state index contributed by atoms with van der Waals surface area (Å²) in [5, 5.41) is 7.12. The Kier molecular flexibility index (Phi) is 6.53. The van der Waals surface area contributed by atoms with Gasteiger partial charge in [0.25, 0.3) is 0 Å². The van der Waals surface area contributed by atoms with Crippen LogP contribution in [0.2, 0.25) is 0 Å². The number of anilines is 1. The molecule has 1 atom stereocenters. The summed E-state index contributed by atoms with van der Waals surface area (Å²) >= 11 is 0. The highest BCUT2D eigenvalue weighted by molar-refractivity contribution is 6.07. The van der Waals surface area contributed by atoms with Crippen molar-refractivity contribution in [1.29, 1.82) is 0 Å². The summed E-state index contributed by atoms with van der Waals surface area (Å²) < 4.78 is 5.16. The quantitative estimate of drug-likeness (QED) is 0.222. The van der Waals surface area contributed by atoms with Gasteiger partial charge in [0.05, 0.1) is 24.6 Å². The largest absolute Gasteiger partial charge is 0.497 e. The average molecular weight is 459 g/mol. The van der Waals surface area contributed by atoms with Gasteiger partial charge in [0.15, 0.2) is 5.78 Å². The Hall–Kier alpha value is -4.44. The average Bonchev–Trinajstić information content (AvgIpc) is 3.39. The maximum Gasteiger partial charge on any atom is 0.185 e. The Morgan fingerprint density at radius 3 is 2.17 bits per heavy atom. The number of benzene rings is 4. The van der Waals surface area contributed by atoms with Gasteiger partial charge in [0, 0.05) is 12.0 Å². The molecule has 4 aromatic rings. The van der Waals surface area contributed by atoms with Crippen molar-refractivity contribution in [3.05, 3.63) is 138 Å². The second-order valence-electron chi connectivity index (χ2n) is 8.41. The van der Waals surface area contributed by atoms with Crippen molar-refractivity contribution in [1.82, 2.24) is 0 Å². The molecular formula is C31H26N2O2. The van der Waals surface area contributed by atoms with Crippen LogP contribution >= 0.6 is 0 Å². The number of allylic oxidation sites excluding steroid dienone is 1. The SMILES string of the molecule is COc1ccc(C(=O)/C=C/c2ccc(N3N=C(c4ccccc4)C[C@H]3c3ccccc3)cc2)cc1. The first-order valence-corrected chi connectivity index (χ1v) is 11.6. The fourth-order valence-electron chi connectivity index (χ4n) is 4.25. The number of ether oxygens (including phenoxy) is 1. The minimum Gasteiger partial charge on any atom is -0.497 e. The Morgan fingerprint density at radius 1 is 0.857 bits per heavy atom. The highest BCUT2D eigenvalue weighted by Crippen LogP contribution is 2.36. The van der Waals surface area contributed by atoms with Crippen molar-refractivity contribution in [3.63, 3.8) is 0 Å². The standard InChI is InChI=1S/C31H26N2O2/c1-35-28-19-15-26(16-20-28)31(34)21-14-23-12-17-27(18-13-23)33-30(25-10-6-3-7-11-25)22-29(32-33)24-8-4-2-5-9-24/h2-21,30H,22H2,1H3/b21-14+/t30-/m0/s1. The lowest BCUT2D eigenvalue weighted by Gasteiger charge is -2.24. The van der Waals surface area contributed by atoms with Crippen molar-refractivity contribution in [2.24, 2.45) is 5.10 Å². The molecule has 0 saturated heterocycles. The number of carbonyl (C=O) groups excluding carboxylic acids is 1. The van der Waals surface area contributed by atoms with Crippen LogP contribution in [0, 0.1) is 0 Å². The van der Waals surface area contributed by atoms with Crippen molar-refractivity contribution in [2.75, 3.05) is 12.1 Å². The minimum atomic E-state index is -0.0440. The molecular weight excluding hydrogens is 432 g/mol. The van der Waals surface area contributed by atoms with Gasteiger partial charge in [-0.3, -0.25) is 9.80 Å². The third kappa shape index (κ3) is 5.07. The molecule has 0 bridgehead atoms. The number of methoxy groups -OCH3 is 1. The lowest BCUT2D eigenvalue weighted by Crippen LogP contribution is -2.18. The third-order valence-corrected chi connectivity index (χ3v) is 6.16. The fourth-order valence-corrected chi connectivity index (χ4v) is 4.25. The number of carbonyl (C=O) groups is 1. The summed E-state index contributed by atoms with van der Waals surface area (Å²) in [7, 11) is 1.61. The number of hydrazone groups is 1. The molecule has 0 radical (unpaired) electrons. The zero-order valence-electron chi connectivity index (χ0n) is 19.5. The van der Waals surface area contributed by atoms with E-state index in [1.54, 1.807) is 37.5 Å². The Bertz CT molecular complexity index is 1340. The summed E-state index contributed by atoms with van der Waals surface area (Å²) in [6.07, 6.45) is 4.28. The van der Waals surface area contributed by atoms with Crippen LogP contribution in [0.4, 0.5) is 5.69 Å². The van der Waals surface area contributed by atoms with E-state index in [1.807, 2.05) is 42.5 Å². The summed E-state index contributed by atoms with van der Waals surface area (Å²) in [5.41, 5.74) is 6.06. The molecule has 5 rings (SSSR count). The number of ketones is 1. The van der Waals surface area contributed by atoms with Crippen LogP contribution < -0.4 is 9.75 Å². The van der Waals surface area contributed by atoms with E-state index in [2.05, 4.69) is 53.5 Å². The second-order valence-corrected chi connectivity index (χ2v) is 8.41. The van der Waals surface area contributed by atoms with E-state index < -0.39 is 0 Å². The minimum absolute atomic E-state index is 0.0440. The molecule has 0 aliphatic carbocycles. The van der Waals surface area contributed by atoms with Crippen LogP contribution in [0.3, 0.4) is 0 Å². The van der Waals surface area contributed by atoms with Crippen LogP contribution in [0.15, 0.2) is 120 Å². The van der Waals surface area contributed by atoms with Crippen molar-refractivity contribution < 1.29 is 9.53 Å². The fraction of sp³-hybridized carbons (Fsp3) is 0.0968. The maximum absolute atomic E-state index is 12.5. The van der Waals surface area contributed by atoms with Gasteiger partial charge in [-0.15, -0.1) is 0 Å². The topological polar surface area (TPSA) is 41.9 Å². The molecule has 4 nitrogen and oxygen atoms in total. The molecule has 4 heteroatoms. The predicted molar refractivity (Wildman–Crippen MR) is 142 cm³/mol. The molecule has 0 amide bonds. The van der Waals surface area contributed by atoms with Gasteiger partial charge in [0.2, 0.25) is 0 Å². The highest BCUT2D eigenvalue weighted by Gasteiger charge is 2.29. The van der Waals surface area contributed by atoms with Gasteiger partial charge < -0.3 is 4.74 Å². The van der Waals surface area contributed by atoms with Crippen molar-refractivity contribution in [3.8, 4) is 5.75 Å². The number of nitrogens with zero attached hydrogens (tertiary/aromatic N) is 2. The third-order valence-electron chi connectivity index (χ3n) is 6.16. The number of hydrogen-bond acceptors (Lipinski definition) is 4.